The van der Waals surface area contributed by atoms with Crippen molar-refractivity contribution < 1.29 is 28.4 Å². The van der Waals surface area contributed by atoms with Gasteiger partial charge in [-0.1, -0.05) is 24.3 Å². The number of imidazole rings is 1. The van der Waals surface area contributed by atoms with Gasteiger partial charge in [-0.15, -0.1) is 5.10 Å². The summed E-state index contributed by atoms with van der Waals surface area (Å²) in [6, 6.07) is 20.5. The summed E-state index contributed by atoms with van der Waals surface area (Å²) in [5, 5.41) is 10.4. The molecule has 2 atom stereocenters. The van der Waals surface area contributed by atoms with Crippen molar-refractivity contribution in [3.05, 3.63) is 102 Å². The number of carbonyl (C=O) groups excluding carboxylic acids is 5. The number of piperidine rings is 1. The van der Waals surface area contributed by atoms with Gasteiger partial charge in [-0.25, -0.2) is 18.9 Å². The van der Waals surface area contributed by atoms with Gasteiger partial charge in [0, 0.05) is 57.8 Å². The first-order valence-electron chi connectivity index (χ1n) is 19.7. The molecule has 296 valence electrons. The van der Waals surface area contributed by atoms with Crippen molar-refractivity contribution in [3.63, 3.8) is 0 Å². The number of benzene rings is 2. The number of hydrogen-bond acceptors (Lipinski definition) is 11. The van der Waals surface area contributed by atoms with Gasteiger partial charge >= 0.3 is 0 Å². The van der Waals surface area contributed by atoms with E-state index in [-0.39, 0.29) is 41.7 Å². The fourth-order valence-corrected chi connectivity index (χ4v) is 8.50. The Kier molecular flexibility index (Phi) is 9.75. The summed E-state index contributed by atoms with van der Waals surface area (Å²) in [6.07, 6.45) is 4.61. The third-order valence-electron chi connectivity index (χ3n) is 11.4. The largest absolute Gasteiger partial charge is 0.384 e. The van der Waals surface area contributed by atoms with Crippen LogP contribution >= 0.6 is 0 Å². The zero-order valence-electron chi connectivity index (χ0n) is 31.6. The molecule has 2 unspecified atom stereocenters. The first kappa shape index (κ1) is 36.9. The van der Waals surface area contributed by atoms with Gasteiger partial charge < -0.3 is 20.0 Å². The zero-order valence-corrected chi connectivity index (χ0v) is 31.6. The molecule has 5 amide bonds. The Bertz CT molecular complexity index is 2460. The molecular formula is C42H41FN10O5. The standard InChI is InChI=1S/C42H41FN10O5/c43-27-7-1-6-26(24-27)31-11-5-19-51(31)36-16-15-34-45-25-33(53(34)48-36)29-9-3-12-35(46-29)49-20-22-50(23-21-49)38(55)13-4-18-44-30-10-2-8-28-39(30)42(58)52(41(28)57)32-14-17-37(54)47-40(32)56/h1-3,6-10,12,15-16,24-25,31-32,44H,4-5,11,13-14,17-23H2,(H,47,54,56). The van der Waals surface area contributed by atoms with Gasteiger partial charge in [-0.3, -0.25) is 34.2 Å². The lowest BCUT2D eigenvalue weighted by molar-refractivity contribution is -0.136. The van der Waals surface area contributed by atoms with E-state index >= 15 is 0 Å². The average Bonchev–Trinajstić information content (AvgIpc) is 3.96. The maximum absolute atomic E-state index is 14.1. The summed E-state index contributed by atoms with van der Waals surface area (Å²) in [5.74, 6) is -0.853. The molecule has 15 nitrogen and oxygen atoms in total. The minimum Gasteiger partial charge on any atom is -0.384 e. The molecule has 4 aliphatic heterocycles. The molecule has 0 saturated carbocycles. The maximum atomic E-state index is 14.1. The number of anilines is 3. The predicted molar refractivity (Wildman–Crippen MR) is 212 cm³/mol. The number of pyridine rings is 1. The van der Waals surface area contributed by atoms with Crippen molar-refractivity contribution in [2.45, 2.75) is 50.6 Å². The Balaban J connectivity index is 0.797. The van der Waals surface area contributed by atoms with Crippen molar-refractivity contribution in [1.29, 1.82) is 0 Å². The fraction of sp³-hybridized carbons (Fsp3) is 0.333. The van der Waals surface area contributed by atoms with E-state index in [4.69, 9.17) is 10.1 Å². The second-order valence-corrected chi connectivity index (χ2v) is 15.0. The highest BCUT2D eigenvalue weighted by Crippen LogP contribution is 2.36. The average molecular weight is 785 g/mol. The second kappa shape index (κ2) is 15.3. The van der Waals surface area contributed by atoms with Gasteiger partial charge in [-0.05, 0) is 79.8 Å². The molecule has 3 saturated heterocycles. The Hall–Kier alpha value is -6.71. The lowest BCUT2D eigenvalue weighted by Gasteiger charge is -2.35. The van der Waals surface area contributed by atoms with Gasteiger partial charge in [0.15, 0.2) is 5.65 Å². The van der Waals surface area contributed by atoms with Gasteiger partial charge in [-0.2, -0.15) is 0 Å². The summed E-state index contributed by atoms with van der Waals surface area (Å²) in [4.78, 5) is 80.6. The number of piperazine rings is 1. The molecule has 7 heterocycles. The third kappa shape index (κ3) is 6.88. The number of imide groups is 2. The van der Waals surface area contributed by atoms with Crippen LogP contribution in [0, 0.1) is 5.82 Å². The molecule has 3 aromatic heterocycles. The first-order valence-corrected chi connectivity index (χ1v) is 19.7. The van der Waals surface area contributed by atoms with Gasteiger partial charge in [0.25, 0.3) is 11.8 Å². The topological polar surface area (TPSA) is 165 Å². The summed E-state index contributed by atoms with van der Waals surface area (Å²) in [6.45, 7) is 3.52. The molecule has 0 bridgehead atoms. The highest BCUT2D eigenvalue weighted by molar-refractivity contribution is 6.25. The normalized spacial score (nSPS) is 19.6. The van der Waals surface area contributed by atoms with E-state index in [2.05, 4.69) is 25.4 Å². The maximum Gasteiger partial charge on any atom is 0.264 e. The molecule has 9 rings (SSSR count). The van der Waals surface area contributed by atoms with Crippen molar-refractivity contribution >= 4 is 52.5 Å². The summed E-state index contributed by atoms with van der Waals surface area (Å²) in [7, 11) is 0. The van der Waals surface area contributed by atoms with Crippen molar-refractivity contribution in [2.75, 3.05) is 54.4 Å². The summed E-state index contributed by atoms with van der Waals surface area (Å²) >= 11 is 0. The number of carbonyl (C=O) groups is 5. The number of amides is 5. The number of rotatable bonds is 10. The molecular weight excluding hydrogens is 744 g/mol. The van der Waals surface area contributed by atoms with Crippen LogP contribution < -0.4 is 20.4 Å². The lowest BCUT2D eigenvalue weighted by Crippen LogP contribution is -2.54. The summed E-state index contributed by atoms with van der Waals surface area (Å²) in [5.41, 5.74) is 3.97. The Morgan fingerprint density at radius 3 is 2.52 bits per heavy atom. The van der Waals surface area contributed by atoms with Gasteiger partial charge in [0.1, 0.15) is 29.2 Å². The number of halogens is 1. The van der Waals surface area contributed by atoms with E-state index in [1.807, 2.05) is 45.8 Å². The third-order valence-corrected chi connectivity index (χ3v) is 11.4. The van der Waals surface area contributed by atoms with Crippen LogP contribution in [0.25, 0.3) is 17.0 Å². The quantitative estimate of drug-likeness (QED) is 0.154. The fourth-order valence-electron chi connectivity index (χ4n) is 8.50. The second-order valence-electron chi connectivity index (χ2n) is 15.0. The van der Waals surface area contributed by atoms with E-state index < -0.39 is 29.7 Å². The molecule has 0 aliphatic carbocycles. The van der Waals surface area contributed by atoms with E-state index in [1.54, 1.807) is 36.5 Å². The minimum absolute atomic E-state index is 0.0296. The van der Waals surface area contributed by atoms with Crippen LogP contribution in [0.2, 0.25) is 0 Å². The van der Waals surface area contributed by atoms with Crippen LogP contribution in [-0.4, -0.2) is 104 Å². The van der Waals surface area contributed by atoms with Crippen LogP contribution in [-0.2, 0) is 14.4 Å². The van der Waals surface area contributed by atoms with Crippen molar-refractivity contribution in [3.8, 4) is 11.4 Å². The van der Waals surface area contributed by atoms with E-state index in [0.717, 1.165) is 52.9 Å². The molecule has 0 radical (unpaired) electrons. The Morgan fingerprint density at radius 2 is 1.69 bits per heavy atom. The molecule has 58 heavy (non-hydrogen) atoms. The first-order chi connectivity index (χ1) is 28.2. The Labute approximate surface area is 332 Å². The van der Waals surface area contributed by atoms with Crippen molar-refractivity contribution in [2.24, 2.45) is 0 Å². The molecule has 4 aliphatic rings. The molecule has 0 spiro atoms. The molecule has 2 aromatic carbocycles. The van der Waals surface area contributed by atoms with Crippen LogP contribution in [0.4, 0.5) is 21.7 Å². The highest BCUT2D eigenvalue weighted by atomic mass is 19.1. The highest BCUT2D eigenvalue weighted by Gasteiger charge is 2.45. The molecule has 2 N–H and O–H groups in total. The van der Waals surface area contributed by atoms with Gasteiger partial charge in [0.2, 0.25) is 17.7 Å². The summed E-state index contributed by atoms with van der Waals surface area (Å²) < 4.78 is 15.9. The van der Waals surface area contributed by atoms with Crippen LogP contribution in [0.5, 0.6) is 0 Å². The van der Waals surface area contributed by atoms with E-state index in [0.29, 0.717) is 56.9 Å². The minimum atomic E-state index is -1.04. The number of nitrogens with zero attached hydrogens (tertiary/aromatic N) is 8. The number of fused-ring (bicyclic) bond motifs is 2. The molecule has 16 heteroatoms. The number of nitrogens with one attached hydrogen (secondary N) is 2. The molecule has 3 fully saturated rings. The van der Waals surface area contributed by atoms with Crippen LogP contribution in [0.15, 0.2) is 79.0 Å². The van der Waals surface area contributed by atoms with E-state index in [9.17, 15) is 28.4 Å². The SMILES string of the molecule is O=C1CCC(N2C(=O)c3cccc(NCCCC(=O)N4CCN(c5cccc(-c6cnc7ccc(N8CCCC8c8cccc(F)c8)nn67)n5)CC4)c3C2=O)C(=O)N1. The monoisotopic (exact) mass is 784 g/mol. The van der Waals surface area contributed by atoms with Crippen LogP contribution in [0.1, 0.15) is 70.8 Å². The number of aromatic nitrogens is 4. The Morgan fingerprint density at radius 1 is 0.862 bits per heavy atom. The van der Waals surface area contributed by atoms with Gasteiger partial charge in [0.05, 0.1) is 29.1 Å². The zero-order chi connectivity index (χ0) is 39.9. The van der Waals surface area contributed by atoms with Crippen molar-refractivity contribution in [1.82, 2.24) is 34.7 Å². The van der Waals surface area contributed by atoms with Crippen LogP contribution in [0.3, 0.4) is 0 Å². The van der Waals surface area contributed by atoms with E-state index in [1.165, 1.54) is 6.07 Å². The smallest absolute Gasteiger partial charge is 0.264 e. The molecule has 5 aromatic rings. The number of hydrogen-bond donors (Lipinski definition) is 2. The lowest BCUT2D eigenvalue weighted by atomic mass is 10.0. The predicted octanol–water partition coefficient (Wildman–Crippen LogP) is 4.21.